The molecule has 0 saturated carbocycles. The van der Waals surface area contributed by atoms with Crippen LogP contribution in [0.3, 0.4) is 0 Å². The summed E-state index contributed by atoms with van der Waals surface area (Å²) in [7, 11) is 1.66. The number of carbonyl (C=O) groups excluding carboxylic acids is 1. The van der Waals surface area contributed by atoms with Gasteiger partial charge in [-0.2, -0.15) is 0 Å². The minimum Gasteiger partial charge on any atom is -0.497 e. The Morgan fingerprint density at radius 1 is 0.750 bits per heavy atom. The molecule has 1 aliphatic rings. The Balaban J connectivity index is 1.96. The van der Waals surface area contributed by atoms with E-state index in [4.69, 9.17) is 4.74 Å². The summed E-state index contributed by atoms with van der Waals surface area (Å²) in [5, 5.41) is 0. The fourth-order valence-corrected chi connectivity index (χ4v) is 3.18. The molecule has 0 heterocycles. The van der Waals surface area contributed by atoms with Crippen molar-refractivity contribution in [2.75, 3.05) is 7.11 Å². The van der Waals surface area contributed by atoms with E-state index >= 15 is 0 Å². The van der Waals surface area contributed by atoms with E-state index in [1.165, 1.54) is 0 Å². The van der Waals surface area contributed by atoms with Gasteiger partial charge in [0.2, 0.25) is 0 Å². The Bertz CT molecular complexity index is 915. The van der Waals surface area contributed by atoms with Gasteiger partial charge in [0.25, 0.3) is 0 Å². The molecule has 3 aromatic rings. The van der Waals surface area contributed by atoms with E-state index < -0.39 is 0 Å². The zero-order valence-corrected chi connectivity index (χ0v) is 13.3. The van der Waals surface area contributed by atoms with Gasteiger partial charge in [-0.1, -0.05) is 60.7 Å². The van der Waals surface area contributed by atoms with E-state index in [1.807, 2.05) is 72.8 Å². The van der Waals surface area contributed by atoms with Crippen molar-refractivity contribution in [3.8, 4) is 5.75 Å². The number of ketones is 1. The number of fused-ring (bicyclic) bond motifs is 2. The molecular weight excluding hydrogens is 296 g/mol. The Kier molecular flexibility index (Phi) is 3.51. The number of carbonyl (C=O) groups is 1. The van der Waals surface area contributed by atoms with Gasteiger partial charge in [-0.15, -0.1) is 0 Å². The number of benzene rings is 3. The SMILES string of the molecule is COc1cccc(C=C2c3ccccc3C(=O)c3ccccc32)c1. The Labute approximate surface area is 141 Å². The van der Waals surface area contributed by atoms with Gasteiger partial charge in [0.15, 0.2) is 5.78 Å². The maximum absolute atomic E-state index is 12.8. The molecule has 0 fully saturated rings. The monoisotopic (exact) mass is 312 g/mol. The summed E-state index contributed by atoms with van der Waals surface area (Å²) in [5.74, 6) is 0.904. The molecule has 0 aliphatic heterocycles. The quantitative estimate of drug-likeness (QED) is 0.530. The summed E-state index contributed by atoms with van der Waals surface area (Å²) in [6.45, 7) is 0. The zero-order valence-electron chi connectivity index (χ0n) is 13.3. The van der Waals surface area contributed by atoms with Gasteiger partial charge in [0.05, 0.1) is 7.11 Å². The van der Waals surface area contributed by atoms with Crippen LogP contribution in [0.1, 0.15) is 32.6 Å². The number of ether oxygens (including phenoxy) is 1. The van der Waals surface area contributed by atoms with Crippen LogP contribution in [0.25, 0.3) is 11.6 Å². The van der Waals surface area contributed by atoms with Crippen molar-refractivity contribution in [3.63, 3.8) is 0 Å². The summed E-state index contributed by atoms with van der Waals surface area (Å²) in [6, 6.07) is 23.5. The van der Waals surface area contributed by atoms with Crippen LogP contribution >= 0.6 is 0 Å². The number of methoxy groups -OCH3 is 1. The summed E-state index contributed by atoms with van der Waals surface area (Å²) in [5.41, 5.74) is 5.57. The minimum absolute atomic E-state index is 0.0870. The third-order valence-electron chi connectivity index (χ3n) is 4.33. The van der Waals surface area contributed by atoms with Crippen molar-refractivity contribution in [2.45, 2.75) is 0 Å². The van der Waals surface area contributed by atoms with Gasteiger partial charge in [-0.3, -0.25) is 4.79 Å². The number of hydrogen-bond acceptors (Lipinski definition) is 2. The molecule has 0 N–H and O–H groups in total. The molecule has 0 unspecified atom stereocenters. The topological polar surface area (TPSA) is 26.3 Å². The van der Waals surface area contributed by atoms with Crippen molar-refractivity contribution in [1.82, 2.24) is 0 Å². The van der Waals surface area contributed by atoms with Gasteiger partial charge in [-0.05, 0) is 40.5 Å². The highest BCUT2D eigenvalue weighted by molar-refractivity contribution is 6.20. The highest BCUT2D eigenvalue weighted by Gasteiger charge is 2.25. The Morgan fingerprint density at radius 3 is 1.92 bits per heavy atom. The van der Waals surface area contributed by atoms with E-state index in [1.54, 1.807) is 7.11 Å². The molecule has 116 valence electrons. The second-order valence-electron chi connectivity index (χ2n) is 5.75. The molecule has 3 aromatic carbocycles. The molecule has 0 radical (unpaired) electrons. The zero-order chi connectivity index (χ0) is 16.5. The van der Waals surface area contributed by atoms with Gasteiger partial charge in [0, 0.05) is 11.1 Å². The van der Waals surface area contributed by atoms with E-state index in [9.17, 15) is 4.79 Å². The third kappa shape index (κ3) is 2.33. The predicted molar refractivity (Wildman–Crippen MR) is 96.3 cm³/mol. The first-order valence-corrected chi connectivity index (χ1v) is 7.87. The number of rotatable bonds is 2. The van der Waals surface area contributed by atoms with Gasteiger partial charge in [0.1, 0.15) is 5.75 Å². The molecule has 2 nitrogen and oxygen atoms in total. The van der Waals surface area contributed by atoms with E-state index in [2.05, 4.69) is 6.08 Å². The van der Waals surface area contributed by atoms with Crippen molar-refractivity contribution in [1.29, 1.82) is 0 Å². The first-order chi connectivity index (χ1) is 11.8. The molecular formula is C22H16O2. The van der Waals surface area contributed by atoms with Crippen LogP contribution in [-0.4, -0.2) is 12.9 Å². The summed E-state index contributed by atoms with van der Waals surface area (Å²) in [6.07, 6.45) is 2.12. The van der Waals surface area contributed by atoms with Crippen molar-refractivity contribution in [2.24, 2.45) is 0 Å². The molecule has 0 spiro atoms. The van der Waals surface area contributed by atoms with Gasteiger partial charge >= 0.3 is 0 Å². The first-order valence-electron chi connectivity index (χ1n) is 7.87. The molecule has 1 aliphatic carbocycles. The largest absolute Gasteiger partial charge is 0.497 e. The lowest BCUT2D eigenvalue weighted by atomic mass is 9.81. The average Bonchev–Trinajstić information content (AvgIpc) is 2.65. The fraction of sp³-hybridized carbons (Fsp3) is 0.0455. The molecule has 0 atom stereocenters. The standard InChI is InChI=1S/C22H16O2/c1-24-16-8-6-7-15(13-16)14-21-17-9-2-4-11-19(17)22(23)20-12-5-3-10-18(20)21/h2-14H,1H3. The average molecular weight is 312 g/mol. The summed E-state index contributed by atoms with van der Waals surface area (Å²) < 4.78 is 5.32. The smallest absolute Gasteiger partial charge is 0.194 e. The van der Waals surface area contributed by atoms with Crippen LogP contribution in [0.5, 0.6) is 5.75 Å². The van der Waals surface area contributed by atoms with Crippen LogP contribution in [0, 0.1) is 0 Å². The lowest BCUT2D eigenvalue weighted by Crippen LogP contribution is -2.14. The molecule has 0 amide bonds. The third-order valence-corrected chi connectivity index (χ3v) is 4.33. The van der Waals surface area contributed by atoms with Crippen molar-refractivity contribution >= 4 is 17.4 Å². The van der Waals surface area contributed by atoms with Crippen LogP contribution < -0.4 is 4.74 Å². The van der Waals surface area contributed by atoms with Crippen LogP contribution in [0.4, 0.5) is 0 Å². The highest BCUT2D eigenvalue weighted by Crippen LogP contribution is 2.37. The lowest BCUT2D eigenvalue weighted by Gasteiger charge is -2.21. The van der Waals surface area contributed by atoms with E-state index in [0.29, 0.717) is 0 Å². The predicted octanol–water partition coefficient (Wildman–Crippen LogP) is 4.83. The maximum atomic E-state index is 12.8. The molecule has 0 bridgehead atoms. The van der Waals surface area contributed by atoms with Gasteiger partial charge in [-0.25, -0.2) is 0 Å². The molecule has 0 aromatic heterocycles. The number of hydrogen-bond donors (Lipinski definition) is 0. The summed E-state index contributed by atoms with van der Waals surface area (Å²) in [4.78, 5) is 12.8. The second-order valence-corrected chi connectivity index (χ2v) is 5.75. The minimum atomic E-state index is 0.0870. The molecule has 4 rings (SSSR count). The molecule has 2 heteroatoms. The van der Waals surface area contributed by atoms with Crippen LogP contribution in [0.15, 0.2) is 72.8 Å². The normalized spacial score (nSPS) is 12.4. The molecule has 0 saturated heterocycles. The fourth-order valence-electron chi connectivity index (χ4n) is 3.18. The van der Waals surface area contributed by atoms with Crippen molar-refractivity contribution in [3.05, 3.63) is 101 Å². The van der Waals surface area contributed by atoms with Crippen molar-refractivity contribution < 1.29 is 9.53 Å². The van der Waals surface area contributed by atoms with E-state index in [0.717, 1.165) is 39.1 Å². The Hall–Kier alpha value is -3.13. The highest BCUT2D eigenvalue weighted by atomic mass is 16.5. The van der Waals surface area contributed by atoms with E-state index in [-0.39, 0.29) is 5.78 Å². The first kappa shape index (κ1) is 14.5. The van der Waals surface area contributed by atoms with Crippen LogP contribution in [0.2, 0.25) is 0 Å². The molecule has 24 heavy (non-hydrogen) atoms. The lowest BCUT2D eigenvalue weighted by molar-refractivity contribution is 0.103. The maximum Gasteiger partial charge on any atom is 0.194 e. The Morgan fingerprint density at radius 2 is 1.33 bits per heavy atom. The van der Waals surface area contributed by atoms with Crippen LogP contribution in [-0.2, 0) is 0 Å². The summed E-state index contributed by atoms with van der Waals surface area (Å²) >= 11 is 0. The second kappa shape index (κ2) is 5.82. The van der Waals surface area contributed by atoms with Gasteiger partial charge < -0.3 is 4.74 Å².